The Hall–Kier alpha value is -1.56. The number of nitrogens with zero attached hydrogens (tertiary/aromatic N) is 2. The van der Waals surface area contributed by atoms with E-state index >= 15 is 0 Å². The van der Waals surface area contributed by atoms with Gasteiger partial charge in [-0.15, -0.1) is 0 Å². The number of aromatic nitrogens is 1. The highest BCUT2D eigenvalue weighted by atomic mass is 16.5. The van der Waals surface area contributed by atoms with Crippen molar-refractivity contribution in [2.45, 2.75) is 78.2 Å². The first-order valence-corrected chi connectivity index (χ1v) is 10.6. The minimum absolute atomic E-state index is 0.334. The number of rotatable bonds is 11. The van der Waals surface area contributed by atoms with E-state index in [4.69, 9.17) is 14.3 Å². The lowest BCUT2D eigenvalue weighted by Gasteiger charge is -2.29. The summed E-state index contributed by atoms with van der Waals surface area (Å²) >= 11 is 0. The van der Waals surface area contributed by atoms with Crippen LogP contribution in [0.2, 0.25) is 0 Å². The Morgan fingerprint density at radius 1 is 1.26 bits per heavy atom. The molecule has 0 bridgehead atoms. The zero-order chi connectivity index (χ0) is 19.5. The summed E-state index contributed by atoms with van der Waals surface area (Å²) in [5.74, 6) is 2.14. The third-order valence-electron chi connectivity index (χ3n) is 5.85. The fourth-order valence-corrected chi connectivity index (χ4v) is 4.03. The summed E-state index contributed by atoms with van der Waals surface area (Å²) in [7, 11) is 1.79. The SMILES string of the molecule is CCNC(=NCc1cc(C(CC)CC)no1)NCC1(CCOC)CCCC1. The topological polar surface area (TPSA) is 71.7 Å². The summed E-state index contributed by atoms with van der Waals surface area (Å²) in [5, 5.41) is 11.1. The van der Waals surface area contributed by atoms with Crippen molar-refractivity contribution in [1.82, 2.24) is 15.8 Å². The van der Waals surface area contributed by atoms with Gasteiger partial charge in [0.05, 0.1) is 5.69 Å². The quantitative estimate of drug-likeness (QED) is 0.445. The highest BCUT2D eigenvalue weighted by molar-refractivity contribution is 5.79. The summed E-state index contributed by atoms with van der Waals surface area (Å²) in [4.78, 5) is 4.71. The molecule has 0 aromatic carbocycles. The van der Waals surface area contributed by atoms with Crippen LogP contribution in [0.25, 0.3) is 0 Å². The Balaban J connectivity index is 1.95. The molecule has 0 amide bonds. The summed E-state index contributed by atoms with van der Waals surface area (Å²) < 4.78 is 10.8. The second-order valence-electron chi connectivity index (χ2n) is 7.73. The van der Waals surface area contributed by atoms with Crippen molar-refractivity contribution in [2.24, 2.45) is 10.4 Å². The van der Waals surface area contributed by atoms with Crippen molar-refractivity contribution >= 4 is 5.96 Å². The summed E-state index contributed by atoms with van der Waals surface area (Å²) in [5.41, 5.74) is 1.38. The van der Waals surface area contributed by atoms with Gasteiger partial charge in [0.2, 0.25) is 0 Å². The molecule has 0 aliphatic heterocycles. The summed E-state index contributed by atoms with van der Waals surface area (Å²) in [6.07, 6.45) is 8.44. The van der Waals surface area contributed by atoms with Crippen LogP contribution in [-0.4, -0.2) is 37.9 Å². The second-order valence-corrected chi connectivity index (χ2v) is 7.73. The maximum atomic E-state index is 5.50. The molecule has 0 radical (unpaired) electrons. The van der Waals surface area contributed by atoms with Gasteiger partial charge in [0.15, 0.2) is 11.7 Å². The van der Waals surface area contributed by atoms with Crippen LogP contribution in [0.4, 0.5) is 0 Å². The van der Waals surface area contributed by atoms with Crippen LogP contribution in [0.1, 0.15) is 83.1 Å². The molecule has 2 N–H and O–H groups in total. The van der Waals surface area contributed by atoms with Gasteiger partial charge >= 0.3 is 0 Å². The Morgan fingerprint density at radius 2 is 2.00 bits per heavy atom. The van der Waals surface area contributed by atoms with E-state index < -0.39 is 0 Å². The monoisotopic (exact) mass is 378 g/mol. The number of guanidine groups is 1. The fraction of sp³-hybridized carbons (Fsp3) is 0.810. The van der Waals surface area contributed by atoms with Crippen LogP contribution in [0, 0.1) is 5.41 Å². The number of methoxy groups -OCH3 is 1. The predicted octanol–water partition coefficient (Wildman–Crippen LogP) is 4.23. The first-order valence-electron chi connectivity index (χ1n) is 10.6. The van der Waals surface area contributed by atoms with Crippen LogP contribution < -0.4 is 10.6 Å². The van der Waals surface area contributed by atoms with Crippen LogP contribution >= 0.6 is 0 Å². The minimum atomic E-state index is 0.334. The van der Waals surface area contributed by atoms with Crippen molar-refractivity contribution in [1.29, 1.82) is 0 Å². The number of nitrogens with one attached hydrogen (secondary N) is 2. The molecular weight excluding hydrogens is 340 g/mol. The minimum Gasteiger partial charge on any atom is -0.385 e. The number of hydrogen-bond donors (Lipinski definition) is 2. The lowest BCUT2D eigenvalue weighted by molar-refractivity contribution is 0.138. The van der Waals surface area contributed by atoms with Gasteiger partial charge in [-0.05, 0) is 44.4 Å². The van der Waals surface area contributed by atoms with Gasteiger partial charge in [0.1, 0.15) is 6.54 Å². The maximum absolute atomic E-state index is 5.50. The smallest absolute Gasteiger partial charge is 0.191 e. The zero-order valence-electron chi connectivity index (χ0n) is 17.6. The van der Waals surface area contributed by atoms with Gasteiger partial charge in [0.25, 0.3) is 0 Å². The van der Waals surface area contributed by atoms with Gasteiger partial charge < -0.3 is 19.9 Å². The second kappa shape index (κ2) is 11.3. The standard InChI is InChI=1S/C21H38N4O2/c1-5-17(6-2)19-14-18(27-25-19)15-23-20(22-7-3)24-16-21(12-13-26-4)10-8-9-11-21/h14,17H,5-13,15-16H2,1-4H3,(H2,22,23,24). The summed E-state index contributed by atoms with van der Waals surface area (Å²) in [6, 6.07) is 2.06. The van der Waals surface area contributed by atoms with Crippen LogP contribution in [0.15, 0.2) is 15.6 Å². The van der Waals surface area contributed by atoms with Crippen molar-refractivity contribution in [2.75, 3.05) is 26.8 Å². The van der Waals surface area contributed by atoms with Gasteiger partial charge in [0, 0.05) is 38.8 Å². The molecule has 1 heterocycles. The Kier molecular flexibility index (Phi) is 9.11. The Morgan fingerprint density at radius 3 is 2.63 bits per heavy atom. The highest BCUT2D eigenvalue weighted by Gasteiger charge is 2.33. The van der Waals surface area contributed by atoms with Crippen molar-refractivity contribution < 1.29 is 9.26 Å². The highest BCUT2D eigenvalue weighted by Crippen LogP contribution is 2.40. The zero-order valence-corrected chi connectivity index (χ0v) is 17.6. The number of ether oxygens (including phenoxy) is 1. The summed E-state index contributed by atoms with van der Waals surface area (Å²) in [6.45, 7) is 9.59. The van der Waals surface area contributed by atoms with E-state index in [2.05, 4.69) is 42.6 Å². The average Bonchev–Trinajstić information content (AvgIpc) is 3.34. The maximum Gasteiger partial charge on any atom is 0.191 e. The van der Waals surface area contributed by atoms with Crippen LogP contribution in [0.5, 0.6) is 0 Å². The van der Waals surface area contributed by atoms with Crippen molar-refractivity contribution in [3.05, 3.63) is 17.5 Å². The van der Waals surface area contributed by atoms with Crippen LogP contribution in [0.3, 0.4) is 0 Å². The molecule has 1 fully saturated rings. The predicted molar refractivity (Wildman–Crippen MR) is 110 cm³/mol. The molecule has 1 aliphatic carbocycles. The van der Waals surface area contributed by atoms with Gasteiger partial charge in [-0.2, -0.15) is 0 Å². The Labute approximate surface area is 164 Å². The molecule has 1 aromatic rings. The van der Waals surface area contributed by atoms with E-state index in [1.54, 1.807) is 7.11 Å². The largest absolute Gasteiger partial charge is 0.385 e. The molecule has 0 saturated heterocycles. The first-order chi connectivity index (χ1) is 13.2. The molecule has 1 aliphatic rings. The van der Waals surface area contributed by atoms with E-state index in [-0.39, 0.29) is 0 Å². The molecule has 2 rings (SSSR count). The van der Waals surface area contributed by atoms with E-state index in [0.29, 0.717) is 17.9 Å². The van der Waals surface area contributed by atoms with E-state index in [1.165, 1.54) is 25.7 Å². The lowest BCUT2D eigenvalue weighted by Crippen LogP contribution is -2.43. The molecule has 6 nitrogen and oxygen atoms in total. The fourth-order valence-electron chi connectivity index (χ4n) is 4.03. The van der Waals surface area contributed by atoms with Crippen molar-refractivity contribution in [3.8, 4) is 0 Å². The molecule has 154 valence electrons. The Bertz CT molecular complexity index is 560. The van der Waals surface area contributed by atoms with Gasteiger partial charge in [-0.3, -0.25) is 0 Å². The number of hydrogen-bond acceptors (Lipinski definition) is 4. The molecule has 1 aromatic heterocycles. The van der Waals surface area contributed by atoms with E-state index in [0.717, 1.165) is 56.4 Å². The number of aliphatic imine (C=N–C) groups is 1. The van der Waals surface area contributed by atoms with E-state index in [9.17, 15) is 0 Å². The van der Waals surface area contributed by atoms with Crippen molar-refractivity contribution in [3.63, 3.8) is 0 Å². The molecular formula is C21H38N4O2. The van der Waals surface area contributed by atoms with Crippen LogP contribution in [-0.2, 0) is 11.3 Å². The molecule has 6 heteroatoms. The van der Waals surface area contributed by atoms with E-state index in [1.807, 2.05) is 0 Å². The van der Waals surface area contributed by atoms with Gasteiger partial charge in [-0.25, -0.2) is 4.99 Å². The molecule has 1 saturated carbocycles. The normalized spacial score (nSPS) is 16.9. The average molecular weight is 379 g/mol. The third kappa shape index (κ3) is 6.52. The van der Waals surface area contributed by atoms with Gasteiger partial charge in [-0.1, -0.05) is 31.8 Å². The molecule has 0 spiro atoms. The molecule has 0 unspecified atom stereocenters. The first kappa shape index (κ1) is 21.7. The lowest BCUT2D eigenvalue weighted by atomic mass is 9.83. The molecule has 27 heavy (non-hydrogen) atoms. The third-order valence-corrected chi connectivity index (χ3v) is 5.85. The molecule has 0 atom stereocenters.